The molecule has 0 fully saturated rings. The molecule has 1 aliphatic rings. The van der Waals surface area contributed by atoms with Crippen LogP contribution in [0.15, 0.2) is 65.9 Å². The molecule has 2 heterocycles. The van der Waals surface area contributed by atoms with Gasteiger partial charge >= 0.3 is 6.18 Å². The van der Waals surface area contributed by atoms with Crippen molar-refractivity contribution in [3.63, 3.8) is 0 Å². The van der Waals surface area contributed by atoms with Gasteiger partial charge < -0.3 is 14.8 Å². The fourth-order valence-corrected chi connectivity index (χ4v) is 3.77. The summed E-state index contributed by atoms with van der Waals surface area (Å²) in [6, 6.07) is 9.45. The molecule has 0 saturated carbocycles. The molecule has 9 nitrogen and oxygen atoms in total. The van der Waals surface area contributed by atoms with Crippen LogP contribution in [-0.2, 0) is 10.3 Å². The fourth-order valence-electron chi connectivity index (χ4n) is 3.77. The number of hydrogen-bond donors (Lipinski definition) is 2. The van der Waals surface area contributed by atoms with Crippen molar-refractivity contribution >= 4 is 23.5 Å². The van der Waals surface area contributed by atoms with Gasteiger partial charge in [0.25, 0.3) is 17.8 Å². The highest BCUT2D eigenvalue weighted by atomic mass is 19.4. The highest BCUT2D eigenvalue weighted by Crippen LogP contribution is 2.42. The van der Waals surface area contributed by atoms with Crippen molar-refractivity contribution in [2.24, 2.45) is 4.99 Å². The Hall–Kier alpha value is -4.62. The third kappa shape index (κ3) is 6.10. The summed E-state index contributed by atoms with van der Waals surface area (Å²) in [6.07, 6.45) is -6.46. The molecule has 0 saturated heterocycles. The first-order valence-electron chi connectivity index (χ1n) is 11.3. The van der Waals surface area contributed by atoms with E-state index in [1.54, 1.807) is 6.07 Å². The zero-order chi connectivity index (χ0) is 28.2. The van der Waals surface area contributed by atoms with Gasteiger partial charge in [0, 0.05) is 23.2 Å². The highest BCUT2D eigenvalue weighted by Gasteiger charge is 2.52. The third-order valence-electron chi connectivity index (χ3n) is 5.73. The van der Waals surface area contributed by atoms with Crippen LogP contribution in [0.25, 0.3) is 0 Å². The van der Waals surface area contributed by atoms with Gasteiger partial charge in [-0.1, -0.05) is 18.2 Å². The van der Waals surface area contributed by atoms with Crippen molar-refractivity contribution < 1.29 is 41.0 Å². The van der Waals surface area contributed by atoms with E-state index in [1.165, 1.54) is 37.6 Å². The van der Waals surface area contributed by atoms with Gasteiger partial charge in [-0.3, -0.25) is 14.9 Å². The zero-order valence-corrected chi connectivity index (χ0v) is 20.1. The maximum absolute atomic E-state index is 15.0. The molecular formula is C25H20F5N5O4. The number of aromatic nitrogens is 2. The monoisotopic (exact) mass is 549 g/mol. The number of nitrogens with one attached hydrogen (secondary N) is 2. The molecule has 1 aromatic heterocycles. The van der Waals surface area contributed by atoms with E-state index in [1.807, 2.05) is 0 Å². The SMILES string of the molecule is COc1cnc(C(=O)Nc2ccc(F)c([C@]3(CF)CC(C(F)(F)F)OC(NC(=O)c4ccccc4)=N3)c2)cn1. The summed E-state index contributed by atoms with van der Waals surface area (Å²) in [7, 11) is 1.35. The van der Waals surface area contributed by atoms with E-state index in [0.717, 1.165) is 24.4 Å². The molecule has 2 amide bonds. The van der Waals surface area contributed by atoms with Crippen molar-refractivity contribution in [3.8, 4) is 5.88 Å². The number of amidine groups is 1. The predicted molar refractivity (Wildman–Crippen MR) is 127 cm³/mol. The maximum Gasteiger partial charge on any atom is 0.425 e. The van der Waals surface area contributed by atoms with Crippen LogP contribution in [0.2, 0.25) is 0 Å². The second-order valence-electron chi connectivity index (χ2n) is 8.35. The molecule has 2 N–H and O–H groups in total. The van der Waals surface area contributed by atoms with E-state index in [4.69, 9.17) is 9.47 Å². The Morgan fingerprint density at radius 3 is 2.44 bits per heavy atom. The normalized spacial score (nSPS) is 18.9. The summed E-state index contributed by atoms with van der Waals surface area (Å²) in [6.45, 7) is -1.58. The molecule has 1 unspecified atom stereocenters. The second kappa shape index (κ2) is 11.0. The average Bonchev–Trinajstić information content (AvgIpc) is 2.93. The van der Waals surface area contributed by atoms with Crippen LogP contribution in [0.3, 0.4) is 0 Å². The number of alkyl halides is 4. The van der Waals surface area contributed by atoms with Crippen molar-refractivity contribution in [1.82, 2.24) is 15.3 Å². The van der Waals surface area contributed by atoms with Gasteiger partial charge in [-0.25, -0.2) is 23.7 Å². The van der Waals surface area contributed by atoms with E-state index in [2.05, 4.69) is 25.6 Å². The number of carbonyl (C=O) groups excluding carboxylic acids is 2. The summed E-state index contributed by atoms with van der Waals surface area (Å²) >= 11 is 0. The number of anilines is 1. The lowest BCUT2D eigenvalue weighted by atomic mass is 9.84. The molecule has 0 bridgehead atoms. The van der Waals surface area contributed by atoms with Gasteiger partial charge in [0.15, 0.2) is 6.10 Å². The zero-order valence-electron chi connectivity index (χ0n) is 20.1. The fraction of sp³-hybridized carbons (Fsp3) is 0.240. The molecule has 204 valence electrons. The van der Waals surface area contributed by atoms with Gasteiger partial charge in [0.05, 0.1) is 19.5 Å². The third-order valence-corrected chi connectivity index (χ3v) is 5.73. The quantitative estimate of drug-likeness (QED) is 0.446. The Kier molecular flexibility index (Phi) is 7.74. The molecule has 2 atom stereocenters. The number of ether oxygens (including phenoxy) is 2. The molecule has 14 heteroatoms. The van der Waals surface area contributed by atoms with Crippen LogP contribution >= 0.6 is 0 Å². The van der Waals surface area contributed by atoms with Gasteiger partial charge in [-0.2, -0.15) is 13.2 Å². The van der Waals surface area contributed by atoms with E-state index < -0.39 is 60.1 Å². The molecule has 1 aliphatic heterocycles. The Labute approximate surface area is 218 Å². The van der Waals surface area contributed by atoms with E-state index in [-0.39, 0.29) is 22.8 Å². The smallest absolute Gasteiger partial charge is 0.425 e. The topological polar surface area (TPSA) is 115 Å². The Balaban J connectivity index is 1.69. The first kappa shape index (κ1) is 27.4. The lowest BCUT2D eigenvalue weighted by Gasteiger charge is -2.37. The Bertz CT molecular complexity index is 1390. The molecule has 4 rings (SSSR count). The summed E-state index contributed by atoms with van der Waals surface area (Å²) in [5, 5.41) is 4.50. The number of aliphatic imine (C=N–C) groups is 1. The number of amides is 2. The number of benzene rings is 2. The summed E-state index contributed by atoms with van der Waals surface area (Å²) in [5.74, 6) is -2.59. The van der Waals surface area contributed by atoms with Crippen molar-refractivity contribution in [1.29, 1.82) is 0 Å². The molecule has 3 aromatic rings. The first-order valence-corrected chi connectivity index (χ1v) is 11.3. The van der Waals surface area contributed by atoms with E-state index >= 15 is 4.39 Å². The molecule has 0 aliphatic carbocycles. The number of carbonyl (C=O) groups is 2. The number of halogens is 5. The van der Waals surface area contributed by atoms with Crippen molar-refractivity contribution in [2.75, 3.05) is 19.1 Å². The number of hydrogen-bond acceptors (Lipinski definition) is 7. The largest absolute Gasteiger partial charge is 0.480 e. The van der Waals surface area contributed by atoms with E-state index in [0.29, 0.717) is 0 Å². The molecule has 0 radical (unpaired) electrons. The standard InChI is InChI=1S/C25H20F5N5O4/c1-38-20-12-31-18(11-32-20)22(37)33-15-7-8-17(27)16(9-15)24(13-26)10-19(25(28,29)30)39-23(35-24)34-21(36)14-5-3-2-4-6-14/h2-9,11-12,19H,10,13H2,1H3,(H,33,37)(H,34,35,36)/t19?,24-/m1/s1. The predicted octanol–water partition coefficient (Wildman–Crippen LogP) is 4.18. The van der Waals surface area contributed by atoms with Gasteiger partial charge in [0.2, 0.25) is 5.88 Å². The van der Waals surface area contributed by atoms with Crippen LogP contribution in [0.5, 0.6) is 5.88 Å². The average molecular weight is 549 g/mol. The maximum atomic E-state index is 15.0. The molecule has 0 spiro atoms. The molecular weight excluding hydrogens is 529 g/mol. The van der Waals surface area contributed by atoms with E-state index in [9.17, 15) is 27.2 Å². The van der Waals surface area contributed by atoms with Crippen LogP contribution in [0.4, 0.5) is 27.6 Å². The van der Waals surface area contributed by atoms with Crippen LogP contribution in [0.1, 0.15) is 32.8 Å². The Morgan fingerprint density at radius 2 is 1.82 bits per heavy atom. The van der Waals surface area contributed by atoms with Gasteiger partial charge in [-0.05, 0) is 30.3 Å². The van der Waals surface area contributed by atoms with Crippen molar-refractivity contribution in [3.05, 3.63) is 83.6 Å². The Morgan fingerprint density at radius 1 is 1.08 bits per heavy atom. The van der Waals surface area contributed by atoms with Gasteiger partial charge in [0.1, 0.15) is 23.7 Å². The summed E-state index contributed by atoms with van der Waals surface area (Å²) < 4.78 is 80.6. The number of nitrogens with zero attached hydrogens (tertiary/aromatic N) is 3. The van der Waals surface area contributed by atoms with Gasteiger partial charge in [-0.15, -0.1) is 0 Å². The van der Waals surface area contributed by atoms with Crippen LogP contribution in [-0.4, -0.2) is 53.9 Å². The minimum Gasteiger partial charge on any atom is -0.480 e. The number of methoxy groups -OCH3 is 1. The molecule has 2 aromatic carbocycles. The first-order chi connectivity index (χ1) is 18.5. The minimum atomic E-state index is -5.01. The lowest BCUT2D eigenvalue weighted by Crippen LogP contribution is -2.50. The minimum absolute atomic E-state index is 0.0707. The highest BCUT2D eigenvalue weighted by molar-refractivity contribution is 6.04. The second-order valence-corrected chi connectivity index (χ2v) is 8.35. The summed E-state index contributed by atoms with van der Waals surface area (Å²) in [5.41, 5.74) is -3.19. The van der Waals surface area contributed by atoms with Crippen LogP contribution in [0, 0.1) is 5.82 Å². The number of rotatable bonds is 6. The van der Waals surface area contributed by atoms with Crippen molar-refractivity contribution in [2.45, 2.75) is 24.2 Å². The molecule has 39 heavy (non-hydrogen) atoms. The lowest BCUT2D eigenvalue weighted by molar-refractivity contribution is -0.209. The van der Waals surface area contributed by atoms with Crippen LogP contribution < -0.4 is 15.4 Å². The summed E-state index contributed by atoms with van der Waals surface area (Å²) in [4.78, 5) is 36.7.